The van der Waals surface area contributed by atoms with Gasteiger partial charge in [-0.25, -0.2) is 0 Å². The van der Waals surface area contributed by atoms with Gasteiger partial charge in [0.05, 0.1) is 5.69 Å². The van der Waals surface area contributed by atoms with E-state index in [0.29, 0.717) is 5.69 Å². The summed E-state index contributed by atoms with van der Waals surface area (Å²) in [6.07, 6.45) is 0. The Balaban J connectivity index is 2.88. The molecule has 11 heavy (non-hydrogen) atoms. The van der Waals surface area contributed by atoms with Crippen molar-refractivity contribution in [3.05, 3.63) is 11.5 Å². The summed E-state index contributed by atoms with van der Waals surface area (Å²) in [6.45, 7) is 3.72. The summed E-state index contributed by atoms with van der Waals surface area (Å²) < 4.78 is 1.51. The normalized spacial score (nSPS) is 11.1. The number of hydrogen-bond acceptors (Lipinski definition) is 3. The van der Waals surface area contributed by atoms with Crippen LogP contribution in [0.5, 0.6) is 0 Å². The second-order valence-electron chi connectivity index (χ2n) is 2.55. The molecule has 0 unspecified atom stereocenters. The van der Waals surface area contributed by atoms with Gasteiger partial charge in [-0.1, -0.05) is 0 Å². The zero-order valence-electron chi connectivity index (χ0n) is 6.42. The Morgan fingerprint density at radius 1 is 1.36 bits per heavy atom. The van der Waals surface area contributed by atoms with E-state index in [9.17, 15) is 0 Å². The molecule has 2 rings (SSSR count). The van der Waals surface area contributed by atoms with Gasteiger partial charge in [-0.05, 0) is 13.8 Å². The molecule has 0 amide bonds. The molecule has 0 aliphatic rings. The predicted octanol–water partition coefficient (Wildman–Crippen LogP) is 0.256. The highest BCUT2D eigenvalue weighted by Crippen LogP contribution is 2.14. The summed E-state index contributed by atoms with van der Waals surface area (Å²) in [4.78, 5) is 3.01. The molecule has 0 spiro atoms. The lowest BCUT2D eigenvalue weighted by Gasteiger charge is -1.83. The molecular weight excluding hydrogens is 142 g/mol. The average Bonchev–Trinajstić information content (AvgIpc) is 2.37. The van der Waals surface area contributed by atoms with E-state index >= 15 is 0 Å². The molecule has 0 aromatic carbocycles. The SMILES string of the molecule is Cc1nn2nc(C)c(N)c2[nH]1. The largest absolute Gasteiger partial charge is 0.394 e. The number of aromatic amines is 1. The number of rotatable bonds is 0. The molecule has 0 aliphatic carbocycles. The van der Waals surface area contributed by atoms with E-state index in [1.807, 2.05) is 13.8 Å². The number of aromatic nitrogens is 4. The third-order valence-electron chi connectivity index (χ3n) is 1.63. The molecule has 0 saturated heterocycles. The predicted molar refractivity (Wildman–Crippen MR) is 41.2 cm³/mol. The molecule has 0 saturated carbocycles. The molecule has 0 radical (unpaired) electrons. The van der Waals surface area contributed by atoms with Gasteiger partial charge in [0.1, 0.15) is 11.5 Å². The molecule has 0 bridgehead atoms. The molecule has 5 heteroatoms. The highest BCUT2D eigenvalue weighted by molar-refractivity contribution is 5.66. The van der Waals surface area contributed by atoms with Crippen LogP contribution in [0.4, 0.5) is 5.69 Å². The summed E-state index contributed by atoms with van der Waals surface area (Å²) in [5.74, 6) is 0.819. The van der Waals surface area contributed by atoms with Crippen molar-refractivity contribution in [1.29, 1.82) is 0 Å². The standard InChI is InChI=1S/C6H9N5/c1-3-5(7)6-8-4(2)10-11(6)9-3/h7H2,1-2H3,(H,8,10). The van der Waals surface area contributed by atoms with E-state index in [-0.39, 0.29) is 0 Å². The number of aryl methyl sites for hydroxylation is 2. The number of nitrogens with one attached hydrogen (secondary N) is 1. The van der Waals surface area contributed by atoms with Crippen LogP contribution in [0.25, 0.3) is 5.65 Å². The monoisotopic (exact) mass is 151 g/mol. The molecule has 0 fully saturated rings. The summed E-state index contributed by atoms with van der Waals surface area (Å²) in [5, 5.41) is 8.15. The van der Waals surface area contributed by atoms with E-state index in [1.165, 1.54) is 4.63 Å². The van der Waals surface area contributed by atoms with E-state index in [1.54, 1.807) is 0 Å². The van der Waals surface area contributed by atoms with Crippen molar-refractivity contribution in [3.8, 4) is 0 Å². The molecule has 2 aromatic rings. The first kappa shape index (κ1) is 6.21. The third-order valence-corrected chi connectivity index (χ3v) is 1.63. The fourth-order valence-electron chi connectivity index (χ4n) is 1.05. The topological polar surface area (TPSA) is 72.0 Å². The van der Waals surface area contributed by atoms with Crippen LogP contribution in [-0.4, -0.2) is 19.8 Å². The lowest BCUT2D eigenvalue weighted by atomic mass is 10.4. The van der Waals surface area contributed by atoms with Crippen molar-refractivity contribution in [3.63, 3.8) is 0 Å². The van der Waals surface area contributed by atoms with Crippen molar-refractivity contribution in [1.82, 2.24) is 19.8 Å². The van der Waals surface area contributed by atoms with E-state index in [0.717, 1.165) is 17.2 Å². The zero-order valence-corrected chi connectivity index (χ0v) is 6.42. The molecule has 2 heterocycles. The lowest BCUT2D eigenvalue weighted by molar-refractivity contribution is 0.793. The first-order valence-corrected chi connectivity index (χ1v) is 3.36. The van der Waals surface area contributed by atoms with Crippen molar-refractivity contribution >= 4 is 11.3 Å². The average molecular weight is 151 g/mol. The lowest BCUT2D eigenvalue weighted by Crippen LogP contribution is -1.87. The van der Waals surface area contributed by atoms with Gasteiger partial charge in [-0.2, -0.15) is 5.10 Å². The summed E-state index contributed by atoms with van der Waals surface area (Å²) in [6, 6.07) is 0. The number of nitrogens with zero attached hydrogens (tertiary/aromatic N) is 3. The summed E-state index contributed by atoms with van der Waals surface area (Å²) >= 11 is 0. The number of hydrogen-bond donors (Lipinski definition) is 2. The van der Waals surface area contributed by atoms with Gasteiger partial charge in [0.25, 0.3) is 0 Å². The quantitative estimate of drug-likeness (QED) is 0.567. The number of nitrogens with two attached hydrogens (primary N) is 1. The van der Waals surface area contributed by atoms with E-state index < -0.39 is 0 Å². The molecule has 3 N–H and O–H groups in total. The Morgan fingerprint density at radius 2 is 2.09 bits per heavy atom. The molecular formula is C6H9N5. The van der Waals surface area contributed by atoms with Gasteiger partial charge in [0, 0.05) is 0 Å². The number of H-pyrrole nitrogens is 1. The number of fused-ring (bicyclic) bond motifs is 1. The number of anilines is 1. The second-order valence-corrected chi connectivity index (χ2v) is 2.55. The van der Waals surface area contributed by atoms with Crippen LogP contribution in [0, 0.1) is 13.8 Å². The highest BCUT2D eigenvalue weighted by atomic mass is 15.5. The Kier molecular flexibility index (Phi) is 0.986. The van der Waals surface area contributed by atoms with Crippen LogP contribution in [0.3, 0.4) is 0 Å². The van der Waals surface area contributed by atoms with Crippen LogP contribution < -0.4 is 5.73 Å². The smallest absolute Gasteiger partial charge is 0.179 e. The molecule has 2 aromatic heterocycles. The minimum atomic E-state index is 0.672. The summed E-state index contributed by atoms with van der Waals surface area (Å²) in [5.41, 5.74) is 7.96. The zero-order chi connectivity index (χ0) is 8.01. The van der Waals surface area contributed by atoms with Crippen molar-refractivity contribution in [2.24, 2.45) is 0 Å². The fourth-order valence-corrected chi connectivity index (χ4v) is 1.05. The number of nitrogen functional groups attached to an aromatic ring is 1. The third kappa shape index (κ3) is 0.705. The van der Waals surface area contributed by atoms with Crippen molar-refractivity contribution in [2.45, 2.75) is 13.8 Å². The Morgan fingerprint density at radius 3 is 2.73 bits per heavy atom. The van der Waals surface area contributed by atoms with E-state index in [2.05, 4.69) is 15.2 Å². The van der Waals surface area contributed by atoms with Crippen LogP contribution in [-0.2, 0) is 0 Å². The Bertz CT molecular complexity index is 396. The minimum Gasteiger partial charge on any atom is -0.394 e. The first-order chi connectivity index (χ1) is 5.18. The van der Waals surface area contributed by atoms with Crippen LogP contribution in [0.15, 0.2) is 0 Å². The first-order valence-electron chi connectivity index (χ1n) is 3.36. The maximum absolute atomic E-state index is 5.70. The maximum atomic E-state index is 5.70. The van der Waals surface area contributed by atoms with Gasteiger partial charge in [-0.15, -0.1) is 9.73 Å². The second kappa shape index (κ2) is 1.75. The highest BCUT2D eigenvalue weighted by Gasteiger charge is 2.07. The maximum Gasteiger partial charge on any atom is 0.179 e. The van der Waals surface area contributed by atoms with Crippen LogP contribution in [0.1, 0.15) is 11.5 Å². The van der Waals surface area contributed by atoms with Crippen molar-refractivity contribution < 1.29 is 0 Å². The Hall–Kier alpha value is -1.52. The van der Waals surface area contributed by atoms with Crippen molar-refractivity contribution in [2.75, 3.05) is 5.73 Å². The van der Waals surface area contributed by atoms with Gasteiger partial charge in [0.2, 0.25) is 0 Å². The minimum absolute atomic E-state index is 0.672. The van der Waals surface area contributed by atoms with Crippen LogP contribution >= 0.6 is 0 Å². The fraction of sp³-hybridized carbons (Fsp3) is 0.333. The van der Waals surface area contributed by atoms with Gasteiger partial charge in [0.15, 0.2) is 5.65 Å². The summed E-state index contributed by atoms with van der Waals surface area (Å²) in [7, 11) is 0. The van der Waals surface area contributed by atoms with Gasteiger partial charge < -0.3 is 10.7 Å². The Labute approximate surface area is 63.2 Å². The molecule has 0 atom stereocenters. The van der Waals surface area contributed by atoms with E-state index in [4.69, 9.17) is 5.73 Å². The molecule has 5 nitrogen and oxygen atoms in total. The molecule has 0 aliphatic heterocycles. The van der Waals surface area contributed by atoms with Gasteiger partial charge >= 0.3 is 0 Å². The van der Waals surface area contributed by atoms with Gasteiger partial charge in [-0.3, -0.25) is 0 Å². The molecule has 58 valence electrons. The van der Waals surface area contributed by atoms with Crippen LogP contribution in [0.2, 0.25) is 0 Å².